The average Bonchev–Trinajstić information content (AvgIpc) is 2.11. The Morgan fingerprint density at radius 2 is 2.20 bits per heavy atom. The second-order valence-corrected chi connectivity index (χ2v) is 4.68. The Labute approximate surface area is 92.4 Å². The molecular weight excluding hydrogens is 190 g/mol. The number of rotatable bonds is 3. The van der Waals surface area contributed by atoms with Crippen LogP contribution in [0.5, 0.6) is 0 Å². The van der Waals surface area contributed by atoms with Crippen molar-refractivity contribution in [3.8, 4) is 0 Å². The molecule has 4 nitrogen and oxygen atoms in total. The number of hydrogen-bond donors (Lipinski definition) is 2. The van der Waals surface area contributed by atoms with Gasteiger partial charge in [-0.1, -0.05) is 0 Å². The highest BCUT2D eigenvalue weighted by molar-refractivity contribution is 5.78. The molecule has 1 fully saturated rings. The smallest absolute Gasteiger partial charge is 0.234 e. The molecule has 2 unspecified atom stereocenters. The van der Waals surface area contributed by atoms with Gasteiger partial charge in [0.25, 0.3) is 0 Å². The van der Waals surface area contributed by atoms with E-state index in [2.05, 4.69) is 29.4 Å². The first-order valence-electron chi connectivity index (χ1n) is 5.77. The Morgan fingerprint density at radius 3 is 2.80 bits per heavy atom. The molecule has 1 heterocycles. The predicted octanol–water partition coefficient (Wildman–Crippen LogP) is 0.193. The van der Waals surface area contributed by atoms with E-state index in [9.17, 15) is 4.79 Å². The highest BCUT2D eigenvalue weighted by atomic mass is 16.2. The largest absolute Gasteiger partial charge is 0.353 e. The van der Waals surface area contributed by atoms with Crippen molar-refractivity contribution in [2.45, 2.75) is 45.8 Å². The van der Waals surface area contributed by atoms with E-state index in [-0.39, 0.29) is 11.9 Å². The average molecular weight is 213 g/mol. The van der Waals surface area contributed by atoms with Gasteiger partial charge in [-0.15, -0.1) is 0 Å². The summed E-state index contributed by atoms with van der Waals surface area (Å²) in [6.45, 7) is 10.8. The number of piperazine rings is 1. The van der Waals surface area contributed by atoms with Crippen molar-refractivity contribution >= 4 is 5.91 Å². The number of nitrogens with zero attached hydrogens (tertiary/aromatic N) is 1. The lowest BCUT2D eigenvalue weighted by molar-refractivity contribution is -0.123. The topological polar surface area (TPSA) is 44.4 Å². The Balaban J connectivity index is 2.39. The Kier molecular flexibility index (Phi) is 4.54. The van der Waals surface area contributed by atoms with Crippen molar-refractivity contribution in [3.05, 3.63) is 0 Å². The molecule has 4 heteroatoms. The van der Waals surface area contributed by atoms with Gasteiger partial charge >= 0.3 is 0 Å². The Hall–Kier alpha value is -0.610. The zero-order chi connectivity index (χ0) is 11.4. The molecular formula is C11H23N3O. The third kappa shape index (κ3) is 3.80. The van der Waals surface area contributed by atoms with Crippen molar-refractivity contribution < 1.29 is 4.79 Å². The van der Waals surface area contributed by atoms with Gasteiger partial charge < -0.3 is 10.6 Å². The summed E-state index contributed by atoms with van der Waals surface area (Å²) in [6.07, 6.45) is 0. The van der Waals surface area contributed by atoms with E-state index in [1.807, 2.05) is 13.8 Å². The number of carbonyl (C=O) groups excluding carboxylic acids is 1. The predicted molar refractivity (Wildman–Crippen MR) is 61.8 cm³/mol. The van der Waals surface area contributed by atoms with Crippen LogP contribution in [0.1, 0.15) is 27.7 Å². The van der Waals surface area contributed by atoms with Gasteiger partial charge in [-0.2, -0.15) is 0 Å². The monoisotopic (exact) mass is 213 g/mol. The molecule has 1 amide bonds. The van der Waals surface area contributed by atoms with Gasteiger partial charge in [0, 0.05) is 31.2 Å². The van der Waals surface area contributed by atoms with E-state index in [1.165, 1.54) is 0 Å². The van der Waals surface area contributed by atoms with Crippen LogP contribution in [0.4, 0.5) is 0 Å². The zero-order valence-electron chi connectivity index (χ0n) is 10.2. The molecule has 1 aliphatic heterocycles. The summed E-state index contributed by atoms with van der Waals surface area (Å²) in [6, 6.07) is 1.12. The molecule has 0 bridgehead atoms. The molecule has 0 aromatic rings. The van der Waals surface area contributed by atoms with E-state index < -0.39 is 0 Å². The summed E-state index contributed by atoms with van der Waals surface area (Å²) in [7, 11) is 0. The fourth-order valence-electron chi connectivity index (χ4n) is 1.90. The van der Waals surface area contributed by atoms with Crippen LogP contribution in [-0.4, -0.2) is 48.6 Å². The molecule has 2 N–H and O–H groups in total. The van der Waals surface area contributed by atoms with Crippen LogP contribution < -0.4 is 10.6 Å². The lowest BCUT2D eigenvalue weighted by Gasteiger charge is -2.38. The second-order valence-electron chi connectivity index (χ2n) is 4.68. The molecule has 0 radical (unpaired) electrons. The molecule has 0 aliphatic carbocycles. The molecule has 88 valence electrons. The molecule has 15 heavy (non-hydrogen) atoms. The quantitative estimate of drug-likeness (QED) is 0.703. The number of nitrogens with one attached hydrogen (secondary N) is 2. The Bertz CT molecular complexity index is 218. The van der Waals surface area contributed by atoms with Crippen molar-refractivity contribution in [1.29, 1.82) is 0 Å². The lowest BCUT2D eigenvalue weighted by atomic mass is 10.1. The summed E-state index contributed by atoms with van der Waals surface area (Å²) < 4.78 is 0. The van der Waals surface area contributed by atoms with Gasteiger partial charge in [0.1, 0.15) is 0 Å². The SMILES string of the molecule is CC(C)NC(=O)CN1CCNC(C)C1C. The molecule has 0 aromatic heterocycles. The molecule has 2 atom stereocenters. The fraction of sp³-hybridized carbons (Fsp3) is 0.909. The first kappa shape index (κ1) is 12.5. The highest BCUT2D eigenvalue weighted by Crippen LogP contribution is 2.07. The van der Waals surface area contributed by atoms with E-state index in [4.69, 9.17) is 0 Å². The van der Waals surface area contributed by atoms with E-state index in [1.54, 1.807) is 0 Å². The summed E-state index contributed by atoms with van der Waals surface area (Å²) in [4.78, 5) is 13.8. The molecule has 1 saturated heterocycles. The minimum Gasteiger partial charge on any atom is -0.353 e. The van der Waals surface area contributed by atoms with E-state index in [0.717, 1.165) is 13.1 Å². The minimum absolute atomic E-state index is 0.131. The van der Waals surface area contributed by atoms with Crippen LogP contribution in [0.15, 0.2) is 0 Å². The third-order valence-corrected chi connectivity index (χ3v) is 2.96. The van der Waals surface area contributed by atoms with Crippen molar-refractivity contribution in [2.24, 2.45) is 0 Å². The summed E-state index contributed by atoms with van der Waals surface area (Å²) >= 11 is 0. The molecule has 0 spiro atoms. The molecule has 0 aromatic carbocycles. The number of hydrogen-bond acceptors (Lipinski definition) is 3. The van der Waals surface area contributed by atoms with Crippen LogP contribution in [0.25, 0.3) is 0 Å². The standard InChI is InChI=1S/C11H23N3O/c1-8(2)13-11(15)7-14-6-5-12-9(3)10(14)4/h8-10,12H,5-7H2,1-4H3,(H,13,15). The normalized spacial score (nSPS) is 28.1. The van der Waals surface area contributed by atoms with Gasteiger partial charge in [0.2, 0.25) is 5.91 Å². The lowest BCUT2D eigenvalue weighted by Crippen LogP contribution is -2.57. The van der Waals surface area contributed by atoms with Crippen LogP contribution in [0, 0.1) is 0 Å². The van der Waals surface area contributed by atoms with E-state index in [0.29, 0.717) is 18.6 Å². The van der Waals surface area contributed by atoms with Gasteiger partial charge in [-0.05, 0) is 27.7 Å². The van der Waals surface area contributed by atoms with Gasteiger partial charge in [0.15, 0.2) is 0 Å². The van der Waals surface area contributed by atoms with Crippen LogP contribution >= 0.6 is 0 Å². The van der Waals surface area contributed by atoms with Gasteiger partial charge in [-0.3, -0.25) is 9.69 Å². The maximum atomic E-state index is 11.6. The summed E-state index contributed by atoms with van der Waals surface area (Å²) in [5, 5.41) is 6.33. The summed E-state index contributed by atoms with van der Waals surface area (Å²) in [5.74, 6) is 0.131. The maximum Gasteiger partial charge on any atom is 0.234 e. The fourth-order valence-corrected chi connectivity index (χ4v) is 1.90. The zero-order valence-corrected chi connectivity index (χ0v) is 10.2. The first-order valence-corrected chi connectivity index (χ1v) is 5.77. The van der Waals surface area contributed by atoms with Gasteiger partial charge in [0.05, 0.1) is 6.54 Å². The van der Waals surface area contributed by atoms with Crippen molar-refractivity contribution in [3.63, 3.8) is 0 Å². The van der Waals surface area contributed by atoms with E-state index >= 15 is 0 Å². The summed E-state index contributed by atoms with van der Waals surface area (Å²) in [5.41, 5.74) is 0. The second kappa shape index (κ2) is 5.47. The van der Waals surface area contributed by atoms with Crippen molar-refractivity contribution in [1.82, 2.24) is 15.5 Å². The Morgan fingerprint density at radius 1 is 1.53 bits per heavy atom. The van der Waals surface area contributed by atoms with Crippen LogP contribution in [0.2, 0.25) is 0 Å². The minimum atomic E-state index is 0.131. The molecule has 0 saturated carbocycles. The maximum absolute atomic E-state index is 11.6. The van der Waals surface area contributed by atoms with Crippen LogP contribution in [-0.2, 0) is 4.79 Å². The third-order valence-electron chi connectivity index (χ3n) is 2.96. The number of amides is 1. The highest BCUT2D eigenvalue weighted by Gasteiger charge is 2.25. The van der Waals surface area contributed by atoms with Crippen molar-refractivity contribution in [2.75, 3.05) is 19.6 Å². The molecule has 1 aliphatic rings. The van der Waals surface area contributed by atoms with Gasteiger partial charge in [-0.25, -0.2) is 0 Å². The molecule has 1 rings (SSSR count). The van der Waals surface area contributed by atoms with Crippen LogP contribution in [0.3, 0.4) is 0 Å². The number of carbonyl (C=O) groups is 1. The first-order chi connectivity index (χ1) is 7.00.